The van der Waals surface area contributed by atoms with Crippen molar-refractivity contribution in [2.75, 3.05) is 13.1 Å². The van der Waals surface area contributed by atoms with Crippen LogP contribution in [0.2, 0.25) is 0 Å². The maximum absolute atomic E-state index is 14.2. The average molecular weight is 704 g/mol. The number of rotatable bonds is 7. The molecule has 2 aromatic carbocycles. The van der Waals surface area contributed by atoms with Crippen molar-refractivity contribution in [1.29, 1.82) is 0 Å². The molecule has 0 aliphatic carbocycles. The van der Waals surface area contributed by atoms with E-state index in [0.717, 1.165) is 32.8 Å². The topological polar surface area (TPSA) is 141 Å². The molecule has 12 heteroatoms. The molecule has 2 aliphatic heterocycles. The van der Waals surface area contributed by atoms with Crippen molar-refractivity contribution in [3.8, 4) is 10.4 Å². The second-order valence-electron chi connectivity index (χ2n) is 15.4. The molecule has 4 atom stereocenters. The first-order valence-corrected chi connectivity index (χ1v) is 18.0. The Kier molecular flexibility index (Phi) is 10.7. The Morgan fingerprint density at radius 1 is 1.00 bits per heavy atom. The first-order valence-electron chi connectivity index (χ1n) is 17.1. The number of aryl methyl sites for hydroxylation is 1. The number of thiazole rings is 1. The predicted octanol–water partition coefficient (Wildman–Crippen LogP) is 5.40. The number of carbonyl (C=O) groups is 4. The number of nitrogens with zero attached hydrogens (tertiary/aromatic N) is 3. The smallest absolute Gasteiger partial charge is 0.410 e. The number of hydrogen-bond donors (Lipinski definition) is 3. The number of aliphatic hydroxyl groups excluding tert-OH is 1. The third-order valence-corrected chi connectivity index (χ3v) is 10.1. The van der Waals surface area contributed by atoms with E-state index in [9.17, 15) is 24.3 Å². The average Bonchev–Trinajstić information content (AvgIpc) is 3.66. The number of likely N-dealkylation sites (tertiary alicyclic amines) is 1. The number of aliphatic hydroxyl groups is 1. The summed E-state index contributed by atoms with van der Waals surface area (Å²) in [5.74, 6) is -1.25. The van der Waals surface area contributed by atoms with Crippen molar-refractivity contribution in [2.45, 2.75) is 105 Å². The molecule has 11 nitrogen and oxygen atoms in total. The lowest BCUT2D eigenvalue weighted by atomic mass is 9.85. The van der Waals surface area contributed by atoms with Crippen molar-refractivity contribution in [3.05, 3.63) is 75.9 Å². The molecule has 268 valence electrons. The molecule has 0 saturated carbocycles. The summed E-state index contributed by atoms with van der Waals surface area (Å²) < 4.78 is 5.55. The Morgan fingerprint density at radius 2 is 1.70 bits per heavy atom. The minimum absolute atomic E-state index is 0.0179. The van der Waals surface area contributed by atoms with Gasteiger partial charge in [0.05, 0.1) is 28.2 Å². The minimum Gasteiger partial charge on any atom is -0.444 e. The Hall–Kier alpha value is -4.29. The van der Waals surface area contributed by atoms with E-state index in [0.29, 0.717) is 25.1 Å². The highest BCUT2D eigenvalue weighted by atomic mass is 32.1. The summed E-state index contributed by atoms with van der Waals surface area (Å²) >= 11 is 1.58. The van der Waals surface area contributed by atoms with E-state index >= 15 is 0 Å². The van der Waals surface area contributed by atoms with Crippen LogP contribution in [-0.4, -0.2) is 80.6 Å². The van der Waals surface area contributed by atoms with E-state index in [2.05, 4.69) is 15.6 Å². The number of fused-ring (bicyclic) bond motifs is 1. The zero-order valence-electron chi connectivity index (χ0n) is 30.2. The fourth-order valence-electron chi connectivity index (χ4n) is 6.41. The molecule has 1 unspecified atom stereocenters. The molecule has 2 aliphatic rings. The lowest BCUT2D eigenvalue weighted by molar-refractivity contribution is -0.142. The molecule has 3 N–H and O–H groups in total. The summed E-state index contributed by atoms with van der Waals surface area (Å²) in [5.41, 5.74) is 5.65. The minimum atomic E-state index is -0.981. The Bertz CT molecular complexity index is 1740. The van der Waals surface area contributed by atoms with E-state index in [1.165, 1.54) is 4.90 Å². The van der Waals surface area contributed by atoms with Crippen LogP contribution in [0, 0.1) is 12.3 Å². The van der Waals surface area contributed by atoms with Gasteiger partial charge in [0.25, 0.3) is 5.91 Å². The van der Waals surface area contributed by atoms with Crippen LogP contribution < -0.4 is 10.6 Å². The first-order chi connectivity index (χ1) is 23.4. The van der Waals surface area contributed by atoms with E-state index in [-0.39, 0.29) is 24.9 Å². The number of aromatic nitrogens is 1. The van der Waals surface area contributed by atoms with E-state index in [4.69, 9.17) is 4.74 Å². The van der Waals surface area contributed by atoms with Crippen molar-refractivity contribution >= 4 is 35.2 Å². The molecule has 5 rings (SSSR count). The van der Waals surface area contributed by atoms with Crippen LogP contribution in [0.15, 0.2) is 48.0 Å². The summed E-state index contributed by atoms with van der Waals surface area (Å²) in [6.45, 7) is 15.7. The van der Waals surface area contributed by atoms with Crippen molar-refractivity contribution in [2.24, 2.45) is 5.41 Å². The van der Waals surface area contributed by atoms with Gasteiger partial charge in [-0.05, 0) is 80.8 Å². The maximum atomic E-state index is 14.2. The Labute approximate surface area is 298 Å². The van der Waals surface area contributed by atoms with Gasteiger partial charge in [0.15, 0.2) is 0 Å². The molecule has 3 aromatic rings. The number of amides is 4. The highest BCUT2D eigenvalue weighted by molar-refractivity contribution is 7.13. The zero-order chi connectivity index (χ0) is 36.5. The molecule has 1 aromatic heterocycles. The lowest BCUT2D eigenvalue weighted by Crippen LogP contribution is -2.57. The summed E-state index contributed by atoms with van der Waals surface area (Å²) in [6.07, 6.45) is -0.553. The monoisotopic (exact) mass is 703 g/mol. The van der Waals surface area contributed by atoms with Gasteiger partial charge >= 0.3 is 6.09 Å². The Balaban J connectivity index is 1.27. The van der Waals surface area contributed by atoms with Crippen molar-refractivity contribution in [3.63, 3.8) is 0 Å². The third kappa shape index (κ3) is 8.53. The van der Waals surface area contributed by atoms with Crippen LogP contribution in [-0.2, 0) is 27.3 Å². The fraction of sp³-hybridized carbons (Fsp3) is 0.500. The molecular weight excluding hydrogens is 655 g/mol. The van der Waals surface area contributed by atoms with Gasteiger partial charge in [0.2, 0.25) is 11.8 Å². The second-order valence-corrected chi connectivity index (χ2v) is 16.3. The van der Waals surface area contributed by atoms with Crippen LogP contribution in [0.1, 0.15) is 93.7 Å². The van der Waals surface area contributed by atoms with Gasteiger partial charge in [-0.3, -0.25) is 14.4 Å². The standard InChI is InChI=1S/C38H49N5O6S/c1-22(24-9-12-26(13-10-24)31-23(2)39-21-50-31)40-34(46)30-18-29(44)20-43(30)35(47)32(37(3,4)5)41-33(45)27-14-11-25-15-16-42(19-28(25)17-27)36(48)49-38(6,7)8/h9-14,17,21-22,29-30,32,44H,15-16,18-20H2,1-8H3,(H,40,46)(H,41,45)/t22-,29+,30-,32?/m0/s1. The van der Waals surface area contributed by atoms with Crippen LogP contribution in [0.5, 0.6) is 0 Å². The van der Waals surface area contributed by atoms with Gasteiger partial charge < -0.3 is 30.3 Å². The summed E-state index contributed by atoms with van der Waals surface area (Å²) in [7, 11) is 0. The van der Waals surface area contributed by atoms with Gasteiger partial charge in [-0.1, -0.05) is 51.1 Å². The molecule has 3 heterocycles. The van der Waals surface area contributed by atoms with Crippen molar-refractivity contribution < 1.29 is 29.0 Å². The van der Waals surface area contributed by atoms with Gasteiger partial charge in [0.1, 0.15) is 17.7 Å². The zero-order valence-corrected chi connectivity index (χ0v) is 31.0. The molecule has 0 spiro atoms. The summed E-state index contributed by atoms with van der Waals surface area (Å²) in [6, 6.07) is 11.1. The second kappa shape index (κ2) is 14.5. The van der Waals surface area contributed by atoms with Crippen LogP contribution in [0.3, 0.4) is 0 Å². The molecule has 0 radical (unpaired) electrons. The van der Waals surface area contributed by atoms with Gasteiger partial charge in [-0.25, -0.2) is 9.78 Å². The molecular formula is C38H49N5O6S. The number of β-amino-alcohol motifs (C(OH)–C–C–N with tert-alkyl or cyclic N) is 1. The van der Waals surface area contributed by atoms with Crippen LogP contribution in [0.4, 0.5) is 4.79 Å². The van der Waals surface area contributed by atoms with Gasteiger partial charge in [-0.2, -0.15) is 0 Å². The van der Waals surface area contributed by atoms with Gasteiger partial charge in [0, 0.05) is 31.6 Å². The van der Waals surface area contributed by atoms with Crippen molar-refractivity contribution in [1.82, 2.24) is 25.4 Å². The number of nitrogens with one attached hydrogen (secondary N) is 2. The number of carbonyl (C=O) groups excluding carboxylic acids is 4. The van der Waals surface area contributed by atoms with E-state index < -0.39 is 47.1 Å². The highest BCUT2D eigenvalue weighted by Gasteiger charge is 2.45. The largest absolute Gasteiger partial charge is 0.444 e. The maximum Gasteiger partial charge on any atom is 0.410 e. The van der Waals surface area contributed by atoms with Crippen LogP contribution >= 0.6 is 11.3 Å². The normalized spacial score (nSPS) is 19.0. The molecule has 4 amide bonds. The van der Waals surface area contributed by atoms with Crippen LogP contribution in [0.25, 0.3) is 10.4 Å². The SMILES string of the molecule is Cc1ncsc1-c1ccc([C@H](C)NC(=O)[C@@H]2C[C@@H](O)CN2C(=O)C(NC(=O)c2ccc3c(c2)CN(C(=O)OC(C)(C)C)CC3)C(C)(C)C)cc1. The molecule has 1 saturated heterocycles. The number of benzene rings is 2. The first kappa shape index (κ1) is 37.0. The van der Waals surface area contributed by atoms with Gasteiger partial charge in [-0.15, -0.1) is 11.3 Å². The lowest BCUT2D eigenvalue weighted by Gasteiger charge is -2.35. The predicted molar refractivity (Wildman–Crippen MR) is 192 cm³/mol. The Morgan fingerprint density at radius 3 is 2.32 bits per heavy atom. The summed E-state index contributed by atoms with van der Waals surface area (Å²) in [5, 5.41) is 16.6. The number of ether oxygens (including phenoxy) is 1. The molecule has 1 fully saturated rings. The quantitative estimate of drug-likeness (QED) is 0.300. The highest BCUT2D eigenvalue weighted by Crippen LogP contribution is 2.30. The van der Waals surface area contributed by atoms with E-state index in [1.807, 2.05) is 91.2 Å². The summed E-state index contributed by atoms with van der Waals surface area (Å²) in [4.78, 5) is 62.7. The van der Waals surface area contributed by atoms with E-state index in [1.54, 1.807) is 28.4 Å². The molecule has 0 bridgehead atoms. The number of hydrogen-bond acceptors (Lipinski definition) is 8. The fourth-order valence-corrected chi connectivity index (χ4v) is 7.22. The third-order valence-electron chi connectivity index (χ3n) is 9.16. The molecule has 50 heavy (non-hydrogen) atoms.